The monoisotopic (exact) mass is 353 g/mol. The van der Waals surface area contributed by atoms with Crippen LogP contribution in [0.3, 0.4) is 0 Å². The highest BCUT2D eigenvalue weighted by Crippen LogP contribution is 2.20. The zero-order chi connectivity index (χ0) is 15.6. The lowest BCUT2D eigenvalue weighted by molar-refractivity contribution is -0.387. The molecule has 0 fully saturated rings. The van der Waals surface area contributed by atoms with E-state index in [4.69, 9.17) is 0 Å². The Morgan fingerprint density at radius 3 is 2.71 bits per heavy atom. The molecule has 6 nitrogen and oxygen atoms in total. The summed E-state index contributed by atoms with van der Waals surface area (Å²) in [4.78, 5) is 25.7. The van der Waals surface area contributed by atoms with Crippen LogP contribution in [0, 0.1) is 22.9 Å². The minimum atomic E-state index is -1.06. The summed E-state index contributed by atoms with van der Waals surface area (Å²) in [5.74, 6) is -1.32. The maximum absolute atomic E-state index is 13.5. The minimum Gasteiger partial charge on any atom is -0.306 e. The lowest BCUT2D eigenvalue weighted by atomic mass is 10.2. The predicted octanol–water partition coefficient (Wildman–Crippen LogP) is 3.45. The van der Waals surface area contributed by atoms with E-state index in [0.717, 1.165) is 22.2 Å². The number of pyridine rings is 1. The molecule has 0 bridgehead atoms. The summed E-state index contributed by atoms with van der Waals surface area (Å²) < 4.78 is 14.3. The fourth-order valence-electron chi connectivity index (χ4n) is 1.65. The van der Waals surface area contributed by atoms with E-state index >= 15 is 0 Å². The molecule has 0 spiro atoms. The first-order valence-corrected chi connectivity index (χ1v) is 6.55. The maximum Gasteiger partial charge on any atom is 0.304 e. The summed E-state index contributed by atoms with van der Waals surface area (Å²) in [7, 11) is 0. The van der Waals surface area contributed by atoms with Crippen LogP contribution in [-0.2, 0) is 0 Å². The Bertz CT molecular complexity index is 737. The van der Waals surface area contributed by atoms with Crippen LogP contribution in [0.25, 0.3) is 0 Å². The second kappa shape index (κ2) is 5.96. The molecular formula is C13H9BrFN3O3. The van der Waals surface area contributed by atoms with Crippen LogP contribution in [-0.4, -0.2) is 15.8 Å². The number of nitro groups is 1. The van der Waals surface area contributed by atoms with Crippen LogP contribution in [0.1, 0.15) is 15.9 Å². The number of carbonyl (C=O) groups excluding carboxylic acids is 1. The summed E-state index contributed by atoms with van der Waals surface area (Å²) in [6.07, 6.45) is 1.51. The van der Waals surface area contributed by atoms with Gasteiger partial charge >= 0.3 is 5.69 Å². The number of aryl methyl sites for hydroxylation is 1. The third kappa shape index (κ3) is 3.40. The smallest absolute Gasteiger partial charge is 0.304 e. The van der Waals surface area contributed by atoms with Crippen LogP contribution in [0.5, 0.6) is 0 Å². The number of nitrogens with one attached hydrogen (secondary N) is 1. The average Bonchev–Trinajstić information content (AvgIpc) is 2.41. The van der Waals surface area contributed by atoms with Crippen molar-refractivity contribution >= 4 is 33.3 Å². The molecule has 0 aliphatic rings. The van der Waals surface area contributed by atoms with E-state index in [0.29, 0.717) is 5.82 Å². The zero-order valence-electron chi connectivity index (χ0n) is 10.8. The molecule has 1 amide bonds. The Morgan fingerprint density at radius 1 is 1.43 bits per heavy atom. The van der Waals surface area contributed by atoms with E-state index < -0.39 is 22.3 Å². The Balaban J connectivity index is 2.24. The molecule has 21 heavy (non-hydrogen) atoms. The van der Waals surface area contributed by atoms with Gasteiger partial charge in [0.1, 0.15) is 5.82 Å². The summed E-state index contributed by atoms with van der Waals surface area (Å²) in [6, 6.07) is 4.72. The Kier molecular flexibility index (Phi) is 4.27. The number of nitro benzene ring substituents is 1. The number of aromatic nitrogens is 1. The van der Waals surface area contributed by atoms with Gasteiger partial charge in [-0.2, -0.15) is 4.39 Å². The van der Waals surface area contributed by atoms with Gasteiger partial charge in [0.15, 0.2) is 0 Å². The normalized spacial score (nSPS) is 10.2. The molecule has 0 atom stereocenters. The number of rotatable bonds is 3. The van der Waals surface area contributed by atoms with Crippen LogP contribution < -0.4 is 5.32 Å². The largest absolute Gasteiger partial charge is 0.306 e. The van der Waals surface area contributed by atoms with Crippen LogP contribution in [0.2, 0.25) is 0 Å². The third-order valence-corrected chi connectivity index (χ3v) is 3.12. The number of amides is 1. The highest BCUT2D eigenvalue weighted by Gasteiger charge is 2.17. The third-order valence-electron chi connectivity index (χ3n) is 2.68. The van der Waals surface area contributed by atoms with Gasteiger partial charge in [0.05, 0.1) is 4.92 Å². The van der Waals surface area contributed by atoms with Gasteiger partial charge in [0, 0.05) is 22.3 Å². The zero-order valence-corrected chi connectivity index (χ0v) is 12.3. The fraction of sp³-hybridized carbons (Fsp3) is 0.0769. The molecule has 0 radical (unpaired) electrons. The number of anilines is 1. The molecule has 0 saturated heterocycles. The number of hydrogen-bond acceptors (Lipinski definition) is 4. The van der Waals surface area contributed by atoms with Gasteiger partial charge in [-0.15, -0.1) is 0 Å². The molecule has 0 unspecified atom stereocenters. The van der Waals surface area contributed by atoms with Gasteiger partial charge in [-0.3, -0.25) is 14.9 Å². The van der Waals surface area contributed by atoms with Crippen molar-refractivity contribution in [1.29, 1.82) is 0 Å². The van der Waals surface area contributed by atoms with Crippen molar-refractivity contribution in [1.82, 2.24) is 4.98 Å². The summed E-state index contributed by atoms with van der Waals surface area (Å²) in [5.41, 5.74) is 0.0202. The Morgan fingerprint density at radius 2 is 2.14 bits per heavy atom. The van der Waals surface area contributed by atoms with Crippen molar-refractivity contribution in [3.05, 3.63) is 62.0 Å². The second-order valence-corrected chi connectivity index (χ2v) is 5.11. The molecule has 2 aromatic rings. The SMILES string of the molecule is Cc1cc(Br)cnc1NC(=O)c1ccc([N+](=O)[O-])c(F)c1. The minimum absolute atomic E-state index is 0.0257. The number of benzene rings is 1. The first kappa shape index (κ1) is 15.0. The quantitative estimate of drug-likeness (QED) is 0.676. The molecule has 108 valence electrons. The molecule has 1 aromatic heterocycles. The Hall–Kier alpha value is -2.35. The van der Waals surface area contributed by atoms with E-state index in [1.807, 2.05) is 0 Å². The second-order valence-electron chi connectivity index (χ2n) is 4.20. The van der Waals surface area contributed by atoms with E-state index in [9.17, 15) is 19.3 Å². The van der Waals surface area contributed by atoms with Gasteiger partial charge in [-0.05, 0) is 46.6 Å². The molecular weight excluding hydrogens is 345 g/mol. The lowest BCUT2D eigenvalue weighted by Gasteiger charge is -2.07. The fourth-order valence-corrected chi connectivity index (χ4v) is 2.09. The molecule has 8 heteroatoms. The number of nitrogens with zero attached hydrogens (tertiary/aromatic N) is 2. The lowest BCUT2D eigenvalue weighted by Crippen LogP contribution is -2.14. The van der Waals surface area contributed by atoms with Gasteiger partial charge < -0.3 is 5.32 Å². The first-order chi connectivity index (χ1) is 9.88. The van der Waals surface area contributed by atoms with Crippen molar-refractivity contribution < 1.29 is 14.1 Å². The number of halogens is 2. The first-order valence-electron chi connectivity index (χ1n) is 5.76. The van der Waals surface area contributed by atoms with Crippen LogP contribution in [0.15, 0.2) is 34.9 Å². The van der Waals surface area contributed by atoms with E-state index in [1.54, 1.807) is 13.0 Å². The van der Waals surface area contributed by atoms with E-state index in [2.05, 4.69) is 26.2 Å². The van der Waals surface area contributed by atoms with Crippen LogP contribution in [0.4, 0.5) is 15.9 Å². The van der Waals surface area contributed by atoms with Gasteiger partial charge in [0.2, 0.25) is 5.82 Å². The highest BCUT2D eigenvalue weighted by atomic mass is 79.9. The molecule has 1 heterocycles. The van der Waals surface area contributed by atoms with Crippen molar-refractivity contribution in [3.8, 4) is 0 Å². The van der Waals surface area contributed by atoms with E-state index in [-0.39, 0.29) is 5.56 Å². The van der Waals surface area contributed by atoms with Crippen molar-refractivity contribution in [2.24, 2.45) is 0 Å². The summed E-state index contributed by atoms with van der Waals surface area (Å²) in [6.45, 7) is 1.75. The topological polar surface area (TPSA) is 85.1 Å². The summed E-state index contributed by atoms with van der Waals surface area (Å²) >= 11 is 3.25. The van der Waals surface area contributed by atoms with Crippen molar-refractivity contribution in [2.75, 3.05) is 5.32 Å². The number of carbonyl (C=O) groups is 1. The molecule has 0 aliphatic carbocycles. The van der Waals surface area contributed by atoms with Crippen LogP contribution >= 0.6 is 15.9 Å². The molecule has 1 N–H and O–H groups in total. The molecule has 2 rings (SSSR count). The van der Waals surface area contributed by atoms with Gasteiger partial charge in [-0.25, -0.2) is 4.98 Å². The maximum atomic E-state index is 13.5. The molecule has 0 aliphatic heterocycles. The van der Waals surface area contributed by atoms with E-state index in [1.165, 1.54) is 12.3 Å². The molecule has 0 saturated carbocycles. The van der Waals surface area contributed by atoms with Crippen molar-refractivity contribution in [3.63, 3.8) is 0 Å². The van der Waals surface area contributed by atoms with Gasteiger partial charge in [-0.1, -0.05) is 0 Å². The average molecular weight is 354 g/mol. The standard InChI is InChI=1S/C13H9BrFN3O3/c1-7-4-9(14)6-16-12(7)17-13(19)8-2-3-11(18(20)21)10(15)5-8/h2-6H,1H3,(H,16,17,19). The van der Waals surface area contributed by atoms with Crippen molar-refractivity contribution in [2.45, 2.75) is 6.92 Å². The molecule has 1 aromatic carbocycles. The number of hydrogen-bond donors (Lipinski definition) is 1. The summed E-state index contributed by atoms with van der Waals surface area (Å²) in [5, 5.41) is 13.0. The highest BCUT2D eigenvalue weighted by molar-refractivity contribution is 9.10. The van der Waals surface area contributed by atoms with Gasteiger partial charge in [0.25, 0.3) is 5.91 Å². The predicted molar refractivity (Wildman–Crippen MR) is 77.7 cm³/mol. The Labute approximate surface area is 127 Å².